The summed E-state index contributed by atoms with van der Waals surface area (Å²) in [4.78, 5) is 16.4. The van der Waals surface area contributed by atoms with E-state index in [1.165, 1.54) is 11.3 Å². The molecule has 24 heavy (non-hydrogen) atoms. The van der Waals surface area contributed by atoms with E-state index in [9.17, 15) is 4.79 Å². The number of carbonyl (C=O) groups excluding carboxylic acids is 1. The molecule has 0 spiro atoms. The fourth-order valence-corrected chi connectivity index (χ4v) is 2.95. The first kappa shape index (κ1) is 16.1. The van der Waals surface area contributed by atoms with Crippen molar-refractivity contribution in [3.8, 4) is 17.2 Å². The summed E-state index contributed by atoms with van der Waals surface area (Å²) in [5, 5.41) is 3.26. The maximum atomic E-state index is 12.0. The van der Waals surface area contributed by atoms with Crippen LogP contribution in [0.1, 0.15) is 0 Å². The molecule has 0 saturated carbocycles. The summed E-state index contributed by atoms with van der Waals surface area (Å²) in [7, 11) is 3.18. The highest BCUT2D eigenvalue weighted by molar-refractivity contribution is 7.22. The monoisotopic (exact) mass is 344 g/mol. The molecule has 0 fully saturated rings. The summed E-state index contributed by atoms with van der Waals surface area (Å²) < 4.78 is 16.7. The van der Waals surface area contributed by atoms with Crippen molar-refractivity contribution in [3.63, 3.8) is 0 Å². The lowest BCUT2D eigenvalue weighted by Crippen LogP contribution is -2.19. The van der Waals surface area contributed by atoms with Gasteiger partial charge in [0.25, 0.3) is 5.91 Å². The number of thiazole rings is 1. The standard InChI is InChI=1S/C17H16N2O4S/c1-21-11-4-3-5-13(8-11)23-10-16(20)19-17-18-14-9-12(22-2)6-7-15(14)24-17/h3-9H,10H2,1-2H3,(H,18,19,20). The van der Waals surface area contributed by atoms with E-state index in [-0.39, 0.29) is 12.5 Å². The number of carbonyl (C=O) groups is 1. The van der Waals surface area contributed by atoms with Gasteiger partial charge in [-0.3, -0.25) is 10.1 Å². The fraction of sp³-hybridized carbons (Fsp3) is 0.176. The Kier molecular flexibility index (Phi) is 4.81. The van der Waals surface area contributed by atoms with Gasteiger partial charge in [0.15, 0.2) is 11.7 Å². The molecule has 1 heterocycles. The molecule has 1 N–H and O–H groups in total. The van der Waals surface area contributed by atoms with Gasteiger partial charge >= 0.3 is 0 Å². The Morgan fingerprint density at radius 1 is 1.08 bits per heavy atom. The molecule has 1 amide bonds. The van der Waals surface area contributed by atoms with Crippen LogP contribution in [0, 0.1) is 0 Å². The average molecular weight is 344 g/mol. The lowest BCUT2D eigenvalue weighted by atomic mass is 10.3. The van der Waals surface area contributed by atoms with Crippen molar-refractivity contribution in [2.24, 2.45) is 0 Å². The highest BCUT2D eigenvalue weighted by Gasteiger charge is 2.09. The Hall–Kier alpha value is -2.80. The number of anilines is 1. The number of nitrogens with one attached hydrogen (secondary N) is 1. The lowest BCUT2D eigenvalue weighted by Gasteiger charge is -2.07. The Balaban J connectivity index is 1.62. The molecule has 1 aromatic heterocycles. The van der Waals surface area contributed by atoms with E-state index in [0.29, 0.717) is 16.6 Å². The van der Waals surface area contributed by atoms with Crippen LogP contribution in [0.25, 0.3) is 10.2 Å². The first-order valence-electron chi connectivity index (χ1n) is 7.19. The largest absolute Gasteiger partial charge is 0.497 e. The third-order valence-corrected chi connectivity index (χ3v) is 4.20. The number of amides is 1. The Morgan fingerprint density at radius 2 is 1.83 bits per heavy atom. The second-order valence-electron chi connectivity index (χ2n) is 4.87. The number of ether oxygens (including phenoxy) is 3. The van der Waals surface area contributed by atoms with E-state index in [2.05, 4.69) is 10.3 Å². The summed E-state index contributed by atoms with van der Waals surface area (Å²) >= 11 is 1.40. The van der Waals surface area contributed by atoms with E-state index in [0.717, 1.165) is 16.0 Å². The zero-order valence-electron chi connectivity index (χ0n) is 13.2. The minimum atomic E-state index is -0.274. The van der Waals surface area contributed by atoms with Crippen LogP contribution in [-0.2, 0) is 4.79 Å². The van der Waals surface area contributed by atoms with Crippen LogP contribution in [0.15, 0.2) is 42.5 Å². The van der Waals surface area contributed by atoms with Crippen LogP contribution in [0.5, 0.6) is 17.2 Å². The van der Waals surface area contributed by atoms with Gasteiger partial charge in [-0.25, -0.2) is 4.98 Å². The van der Waals surface area contributed by atoms with Crippen LogP contribution in [0.4, 0.5) is 5.13 Å². The molecule has 0 aliphatic rings. The minimum absolute atomic E-state index is 0.105. The molecule has 0 atom stereocenters. The summed E-state index contributed by atoms with van der Waals surface area (Å²) in [6.45, 7) is -0.105. The maximum Gasteiger partial charge on any atom is 0.264 e. The van der Waals surface area contributed by atoms with Crippen molar-refractivity contribution in [1.29, 1.82) is 0 Å². The van der Waals surface area contributed by atoms with Gasteiger partial charge in [-0.05, 0) is 24.3 Å². The van der Waals surface area contributed by atoms with E-state index in [1.807, 2.05) is 24.3 Å². The fourth-order valence-electron chi connectivity index (χ4n) is 2.08. The van der Waals surface area contributed by atoms with Gasteiger partial charge in [0.05, 0.1) is 24.4 Å². The molecule has 7 heteroatoms. The van der Waals surface area contributed by atoms with Gasteiger partial charge in [0.2, 0.25) is 0 Å². The second-order valence-corrected chi connectivity index (χ2v) is 5.90. The van der Waals surface area contributed by atoms with Crippen molar-refractivity contribution in [3.05, 3.63) is 42.5 Å². The second kappa shape index (κ2) is 7.18. The molecule has 0 radical (unpaired) electrons. The summed E-state index contributed by atoms with van der Waals surface area (Å²) in [5.41, 5.74) is 0.781. The quantitative estimate of drug-likeness (QED) is 0.743. The predicted octanol–water partition coefficient (Wildman–Crippen LogP) is 3.33. The molecule has 6 nitrogen and oxygen atoms in total. The third-order valence-electron chi connectivity index (χ3n) is 3.25. The maximum absolute atomic E-state index is 12.0. The summed E-state index contributed by atoms with van der Waals surface area (Å²) in [6, 6.07) is 12.7. The van der Waals surface area contributed by atoms with Crippen LogP contribution in [0.3, 0.4) is 0 Å². The number of aromatic nitrogens is 1. The zero-order valence-corrected chi connectivity index (χ0v) is 14.1. The molecule has 0 unspecified atom stereocenters. The number of hydrogen-bond donors (Lipinski definition) is 1. The van der Waals surface area contributed by atoms with Gasteiger partial charge in [0, 0.05) is 12.1 Å². The van der Waals surface area contributed by atoms with Gasteiger partial charge in [-0.15, -0.1) is 0 Å². The normalized spacial score (nSPS) is 10.4. The van der Waals surface area contributed by atoms with Gasteiger partial charge < -0.3 is 14.2 Å². The molecular formula is C17H16N2O4S. The topological polar surface area (TPSA) is 69.7 Å². The number of methoxy groups -OCH3 is 2. The SMILES string of the molecule is COc1cccc(OCC(=O)Nc2nc3cc(OC)ccc3s2)c1. The Morgan fingerprint density at radius 3 is 2.62 bits per heavy atom. The van der Waals surface area contributed by atoms with Crippen LogP contribution >= 0.6 is 11.3 Å². The first-order chi connectivity index (χ1) is 11.7. The number of benzene rings is 2. The van der Waals surface area contributed by atoms with Crippen molar-refractivity contribution < 1.29 is 19.0 Å². The Labute approximate surface area is 143 Å². The van der Waals surface area contributed by atoms with Crippen molar-refractivity contribution >= 4 is 32.6 Å². The number of hydrogen-bond acceptors (Lipinski definition) is 6. The van der Waals surface area contributed by atoms with E-state index in [1.54, 1.807) is 32.4 Å². The predicted molar refractivity (Wildman–Crippen MR) is 93.3 cm³/mol. The average Bonchev–Trinajstić information content (AvgIpc) is 3.01. The minimum Gasteiger partial charge on any atom is -0.497 e. The van der Waals surface area contributed by atoms with Crippen LogP contribution < -0.4 is 19.5 Å². The number of nitrogens with zero attached hydrogens (tertiary/aromatic N) is 1. The van der Waals surface area contributed by atoms with Gasteiger partial charge in [0.1, 0.15) is 17.2 Å². The molecular weight excluding hydrogens is 328 g/mol. The zero-order chi connectivity index (χ0) is 16.9. The molecule has 0 saturated heterocycles. The molecule has 0 aliphatic heterocycles. The molecule has 124 valence electrons. The Bertz CT molecular complexity index is 863. The third kappa shape index (κ3) is 3.75. The van der Waals surface area contributed by atoms with Gasteiger partial charge in [-0.2, -0.15) is 0 Å². The first-order valence-corrected chi connectivity index (χ1v) is 8.01. The van der Waals surface area contributed by atoms with Crippen molar-refractivity contribution in [2.45, 2.75) is 0 Å². The van der Waals surface area contributed by atoms with Crippen molar-refractivity contribution in [2.75, 3.05) is 26.1 Å². The van der Waals surface area contributed by atoms with E-state index in [4.69, 9.17) is 14.2 Å². The van der Waals surface area contributed by atoms with E-state index < -0.39 is 0 Å². The molecule has 3 aromatic rings. The summed E-state index contributed by atoms with van der Waals surface area (Å²) in [5.74, 6) is 1.70. The molecule has 3 rings (SSSR count). The molecule has 2 aromatic carbocycles. The smallest absolute Gasteiger partial charge is 0.264 e. The molecule has 0 aliphatic carbocycles. The molecule has 0 bridgehead atoms. The van der Waals surface area contributed by atoms with Crippen LogP contribution in [0.2, 0.25) is 0 Å². The highest BCUT2D eigenvalue weighted by atomic mass is 32.1. The summed E-state index contributed by atoms with van der Waals surface area (Å²) in [6.07, 6.45) is 0. The number of fused-ring (bicyclic) bond motifs is 1. The van der Waals surface area contributed by atoms with Crippen molar-refractivity contribution in [1.82, 2.24) is 4.98 Å². The van der Waals surface area contributed by atoms with Gasteiger partial charge in [-0.1, -0.05) is 17.4 Å². The highest BCUT2D eigenvalue weighted by Crippen LogP contribution is 2.28. The lowest BCUT2D eigenvalue weighted by molar-refractivity contribution is -0.118. The van der Waals surface area contributed by atoms with E-state index >= 15 is 0 Å². The van der Waals surface area contributed by atoms with Crippen LogP contribution in [-0.4, -0.2) is 31.7 Å². The number of rotatable bonds is 6.